The highest BCUT2D eigenvalue weighted by Crippen LogP contribution is 2.19. The van der Waals surface area contributed by atoms with Crippen molar-refractivity contribution in [1.82, 2.24) is 9.97 Å². The van der Waals surface area contributed by atoms with Crippen LogP contribution in [0.2, 0.25) is 0 Å². The summed E-state index contributed by atoms with van der Waals surface area (Å²) in [5.41, 5.74) is 2.87. The molecule has 0 atom stereocenters. The van der Waals surface area contributed by atoms with Crippen molar-refractivity contribution in [3.63, 3.8) is 0 Å². The molecule has 2 aromatic carbocycles. The molecule has 0 saturated heterocycles. The lowest BCUT2D eigenvalue weighted by atomic mass is 10.2. The van der Waals surface area contributed by atoms with Gasteiger partial charge in [0.05, 0.1) is 7.11 Å². The van der Waals surface area contributed by atoms with Crippen LogP contribution in [0, 0.1) is 6.92 Å². The number of para-hydroxylation sites is 1. The van der Waals surface area contributed by atoms with Gasteiger partial charge in [-0.3, -0.25) is 4.79 Å². The van der Waals surface area contributed by atoms with Crippen LogP contribution in [0.15, 0.2) is 60.9 Å². The van der Waals surface area contributed by atoms with Crippen LogP contribution >= 0.6 is 0 Å². The first-order valence-corrected chi connectivity index (χ1v) is 7.76. The van der Waals surface area contributed by atoms with Crippen molar-refractivity contribution >= 4 is 23.1 Å². The molecule has 0 aliphatic heterocycles. The van der Waals surface area contributed by atoms with Gasteiger partial charge in [0.1, 0.15) is 23.6 Å². The quantitative estimate of drug-likeness (QED) is 0.742. The molecule has 0 aliphatic rings. The average Bonchev–Trinajstić information content (AvgIpc) is 2.64. The highest BCUT2D eigenvalue weighted by molar-refractivity contribution is 6.03. The molecule has 0 radical (unpaired) electrons. The van der Waals surface area contributed by atoms with Gasteiger partial charge < -0.3 is 15.4 Å². The molecule has 1 aromatic heterocycles. The Morgan fingerprint density at radius 3 is 2.52 bits per heavy atom. The number of nitrogens with one attached hydrogen (secondary N) is 2. The number of carbonyl (C=O) groups excluding carboxylic acids is 1. The normalized spacial score (nSPS) is 10.2. The van der Waals surface area contributed by atoms with Crippen LogP contribution < -0.4 is 15.4 Å². The Morgan fingerprint density at radius 1 is 1.04 bits per heavy atom. The third-order valence-corrected chi connectivity index (χ3v) is 3.66. The number of anilines is 3. The van der Waals surface area contributed by atoms with E-state index in [0.29, 0.717) is 5.82 Å². The summed E-state index contributed by atoms with van der Waals surface area (Å²) in [7, 11) is 1.62. The minimum Gasteiger partial charge on any atom is -0.497 e. The zero-order valence-electron chi connectivity index (χ0n) is 14.0. The predicted molar refractivity (Wildman–Crippen MR) is 97.4 cm³/mol. The number of nitrogens with zero attached hydrogens (tertiary/aromatic N) is 2. The van der Waals surface area contributed by atoms with Gasteiger partial charge >= 0.3 is 0 Å². The molecule has 0 unspecified atom stereocenters. The van der Waals surface area contributed by atoms with E-state index < -0.39 is 0 Å². The Hall–Kier alpha value is -3.41. The van der Waals surface area contributed by atoms with Crippen LogP contribution in [0.5, 0.6) is 5.75 Å². The maximum atomic E-state index is 12.4. The van der Waals surface area contributed by atoms with Crippen molar-refractivity contribution in [3.05, 3.63) is 72.2 Å². The van der Waals surface area contributed by atoms with Crippen molar-refractivity contribution in [1.29, 1.82) is 0 Å². The molecule has 6 heteroatoms. The molecule has 2 N–H and O–H groups in total. The lowest BCUT2D eigenvalue weighted by molar-refractivity contribution is 0.102. The summed E-state index contributed by atoms with van der Waals surface area (Å²) in [6, 6.07) is 16.6. The molecule has 1 heterocycles. The molecule has 0 fully saturated rings. The van der Waals surface area contributed by atoms with Crippen molar-refractivity contribution in [3.8, 4) is 5.75 Å². The van der Waals surface area contributed by atoms with Gasteiger partial charge in [-0.1, -0.05) is 18.2 Å². The van der Waals surface area contributed by atoms with E-state index in [1.54, 1.807) is 13.2 Å². The van der Waals surface area contributed by atoms with E-state index in [1.807, 2.05) is 55.5 Å². The second kappa shape index (κ2) is 7.44. The lowest BCUT2D eigenvalue weighted by Crippen LogP contribution is -2.15. The summed E-state index contributed by atoms with van der Waals surface area (Å²) in [5, 5.41) is 6.00. The molecular weight excluding hydrogens is 316 g/mol. The minimum atomic E-state index is -0.283. The molecule has 3 rings (SSSR count). The fourth-order valence-electron chi connectivity index (χ4n) is 2.27. The van der Waals surface area contributed by atoms with E-state index in [9.17, 15) is 4.79 Å². The summed E-state index contributed by atoms with van der Waals surface area (Å²) < 4.78 is 5.13. The average molecular weight is 334 g/mol. The fourth-order valence-corrected chi connectivity index (χ4v) is 2.27. The number of amides is 1. The Bertz CT molecular complexity index is 879. The van der Waals surface area contributed by atoms with Gasteiger partial charge in [-0.15, -0.1) is 0 Å². The molecular formula is C19H18N4O2. The summed E-state index contributed by atoms with van der Waals surface area (Å²) in [5.74, 6) is 1.02. The molecule has 0 saturated carbocycles. The van der Waals surface area contributed by atoms with Crippen LogP contribution in [-0.2, 0) is 0 Å². The summed E-state index contributed by atoms with van der Waals surface area (Å²) in [6.07, 6.45) is 1.36. The molecule has 25 heavy (non-hydrogen) atoms. The first kappa shape index (κ1) is 16.4. The predicted octanol–water partition coefficient (Wildman–Crippen LogP) is 3.79. The Balaban J connectivity index is 1.74. The van der Waals surface area contributed by atoms with E-state index in [0.717, 1.165) is 22.7 Å². The zero-order chi connectivity index (χ0) is 17.6. The fraction of sp³-hybridized carbons (Fsp3) is 0.105. The highest BCUT2D eigenvalue weighted by Gasteiger charge is 2.10. The number of carbonyl (C=O) groups is 1. The topological polar surface area (TPSA) is 76.1 Å². The Kier molecular flexibility index (Phi) is 4.89. The van der Waals surface area contributed by atoms with Gasteiger partial charge in [0.25, 0.3) is 5.91 Å². The molecule has 1 amide bonds. The SMILES string of the molecule is COc1ccc(Nc2cc(C(=O)Nc3ccccc3C)ncn2)cc1. The second-order valence-corrected chi connectivity index (χ2v) is 5.41. The summed E-state index contributed by atoms with van der Waals surface area (Å²) in [4.78, 5) is 20.6. The molecule has 0 aliphatic carbocycles. The number of methoxy groups -OCH3 is 1. The molecule has 6 nitrogen and oxygen atoms in total. The first-order valence-electron chi connectivity index (χ1n) is 7.76. The van der Waals surface area contributed by atoms with E-state index in [-0.39, 0.29) is 11.6 Å². The number of hydrogen-bond donors (Lipinski definition) is 2. The molecule has 0 bridgehead atoms. The third-order valence-electron chi connectivity index (χ3n) is 3.66. The monoisotopic (exact) mass is 334 g/mol. The number of aromatic nitrogens is 2. The van der Waals surface area contributed by atoms with Crippen LogP contribution in [0.3, 0.4) is 0 Å². The highest BCUT2D eigenvalue weighted by atomic mass is 16.5. The van der Waals surface area contributed by atoms with E-state index in [1.165, 1.54) is 6.33 Å². The summed E-state index contributed by atoms with van der Waals surface area (Å²) >= 11 is 0. The van der Waals surface area contributed by atoms with Crippen molar-refractivity contribution in [2.75, 3.05) is 17.7 Å². The molecule has 126 valence electrons. The maximum Gasteiger partial charge on any atom is 0.274 e. The van der Waals surface area contributed by atoms with Gasteiger partial charge in [-0.2, -0.15) is 0 Å². The van der Waals surface area contributed by atoms with Crippen molar-refractivity contribution in [2.24, 2.45) is 0 Å². The number of aryl methyl sites for hydroxylation is 1. The van der Waals surface area contributed by atoms with Crippen molar-refractivity contribution < 1.29 is 9.53 Å². The Morgan fingerprint density at radius 2 is 1.80 bits per heavy atom. The summed E-state index contributed by atoms with van der Waals surface area (Å²) in [6.45, 7) is 1.94. The van der Waals surface area contributed by atoms with E-state index >= 15 is 0 Å². The van der Waals surface area contributed by atoms with Crippen LogP contribution in [0.25, 0.3) is 0 Å². The van der Waals surface area contributed by atoms with Gasteiger partial charge in [0.2, 0.25) is 0 Å². The van der Waals surface area contributed by atoms with Crippen molar-refractivity contribution in [2.45, 2.75) is 6.92 Å². The van der Waals surface area contributed by atoms with Gasteiger partial charge in [-0.05, 0) is 42.8 Å². The van der Waals surface area contributed by atoms with Gasteiger partial charge in [0.15, 0.2) is 0 Å². The van der Waals surface area contributed by atoms with Crippen LogP contribution in [0.4, 0.5) is 17.2 Å². The van der Waals surface area contributed by atoms with Crippen LogP contribution in [0.1, 0.15) is 16.1 Å². The molecule has 3 aromatic rings. The number of benzene rings is 2. The molecule has 0 spiro atoms. The lowest BCUT2D eigenvalue weighted by Gasteiger charge is -2.09. The standard InChI is InChI=1S/C19H18N4O2/c1-13-5-3-4-6-16(13)23-19(24)17-11-18(21-12-20-17)22-14-7-9-15(25-2)10-8-14/h3-12H,1-2H3,(H,23,24)(H,20,21,22). The van der Waals surface area contributed by atoms with E-state index in [2.05, 4.69) is 20.6 Å². The van der Waals surface area contributed by atoms with Crippen LogP contribution in [-0.4, -0.2) is 23.0 Å². The number of ether oxygens (including phenoxy) is 1. The third kappa shape index (κ3) is 4.11. The number of hydrogen-bond acceptors (Lipinski definition) is 5. The van der Waals surface area contributed by atoms with Gasteiger partial charge in [-0.25, -0.2) is 9.97 Å². The second-order valence-electron chi connectivity index (χ2n) is 5.41. The minimum absolute atomic E-state index is 0.283. The Labute approximate surface area is 145 Å². The van der Waals surface area contributed by atoms with Gasteiger partial charge in [0, 0.05) is 17.4 Å². The zero-order valence-corrected chi connectivity index (χ0v) is 14.0. The smallest absolute Gasteiger partial charge is 0.274 e. The first-order chi connectivity index (χ1) is 12.2. The van der Waals surface area contributed by atoms with E-state index in [4.69, 9.17) is 4.74 Å². The number of rotatable bonds is 5. The largest absolute Gasteiger partial charge is 0.497 e. The maximum absolute atomic E-state index is 12.4.